The molecule has 0 aliphatic heterocycles. The van der Waals surface area contributed by atoms with E-state index in [1.54, 1.807) is 6.07 Å². The molecular weight excluding hydrogens is 277 g/mol. The molecule has 0 aliphatic carbocycles. The number of amides is 1. The van der Waals surface area contributed by atoms with Gasteiger partial charge >= 0.3 is 5.97 Å². The summed E-state index contributed by atoms with van der Waals surface area (Å²) in [5.41, 5.74) is -0.148. The van der Waals surface area contributed by atoms with Gasteiger partial charge < -0.3 is 10.4 Å². The number of carbonyl (C=O) groups excluding carboxylic acids is 1. The van der Waals surface area contributed by atoms with Crippen LogP contribution in [0, 0.1) is 17.1 Å². The molecule has 2 aromatic rings. The van der Waals surface area contributed by atoms with Crippen LogP contribution in [0.3, 0.4) is 0 Å². The Morgan fingerprint density at radius 2 is 2.05 bits per heavy atom. The van der Waals surface area contributed by atoms with Gasteiger partial charge in [0.2, 0.25) is 0 Å². The molecule has 0 fully saturated rings. The summed E-state index contributed by atoms with van der Waals surface area (Å²) in [5, 5.41) is 20.0. The SMILES string of the molecule is N#Cc1cc(NC(=O)c2ccnc(C(=O)O)c2)ccc1F. The second-order valence-electron chi connectivity index (χ2n) is 4.00. The minimum Gasteiger partial charge on any atom is -0.477 e. The van der Waals surface area contributed by atoms with Gasteiger partial charge in [0.05, 0.1) is 5.56 Å². The summed E-state index contributed by atoms with van der Waals surface area (Å²) in [6.07, 6.45) is 1.20. The zero-order chi connectivity index (χ0) is 15.4. The lowest BCUT2D eigenvalue weighted by atomic mass is 10.2. The second kappa shape index (κ2) is 5.79. The standard InChI is InChI=1S/C14H8FN3O3/c15-11-2-1-10(5-9(11)7-16)18-13(19)8-3-4-17-12(6-8)14(20)21/h1-6H,(H,18,19)(H,20,21). The summed E-state index contributed by atoms with van der Waals surface area (Å²) in [6, 6.07) is 7.66. The Hall–Kier alpha value is -3.27. The second-order valence-corrected chi connectivity index (χ2v) is 4.00. The molecule has 0 bridgehead atoms. The number of carboxylic acids is 1. The molecule has 1 aromatic heterocycles. The summed E-state index contributed by atoms with van der Waals surface area (Å²) in [7, 11) is 0. The van der Waals surface area contributed by atoms with Crippen LogP contribution in [0.2, 0.25) is 0 Å². The third kappa shape index (κ3) is 3.19. The molecular formula is C14H8FN3O3. The topological polar surface area (TPSA) is 103 Å². The number of carbonyl (C=O) groups is 2. The largest absolute Gasteiger partial charge is 0.477 e. The monoisotopic (exact) mass is 285 g/mol. The van der Waals surface area contributed by atoms with Crippen LogP contribution >= 0.6 is 0 Å². The lowest BCUT2D eigenvalue weighted by molar-refractivity contribution is 0.0690. The number of benzene rings is 1. The van der Waals surface area contributed by atoms with Gasteiger partial charge in [0.15, 0.2) is 0 Å². The maximum Gasteiger partial charge on any atom is 0.354 e. The van der Waals surface area contributed by atoms with Crippen LogP contribution in [-0.4, -0.2) is 22.0 Å². The van der Waals surface area contributed by atoms with Crippen LogP contribution in [0.5, 0.6) is 0 Å². The number of anilines is 1. The predicted molar refractivity (Wildman–Crippen MR) is 70.3 cm³/mol. The Morgan fingerprint density at radius 3 is 2.71 bits per heavy atom. The summed E-state index contributed by atoms with van der Waals surface area (Å²) >= 11 is 0. The summed E-state index contributed by atoms with van der Waals surface area (Å²) < 4.78 is 13.2. The van der Waals surface area contributed by atoms with Gasteiger partial charge in [-0.05, 0) is 30.3 Å². The average Bonchev–Trinajstić information content (AvgIpc) is 2.49. The van der Waals surface area contributed by atoms with Gasteiger partial charge in [0.25, 0.3) is 5.91 Å². The molecule has 0 radical (unpaired) electrons. The number of halogens is 1. The van der Waals surface area contributed by atoms with Gasteiger partial charge in [0.1, 0.15) is 17.6 Å². The quantitative estimate of drug-likeness (QED) is 0.898. The first-order valence-electron chi connectivity index (χ1n) is 5.71. The van der Waals surface area contributed by atoms with E-state index in [1.807, 2.05) is 0 Å². The maximum atomic E-state index is 13.2. The third-order valence-electron chi connectivity index (χ3n) is 2.59. The van der Waals surface area contributed by atoms with Crippen LogP contribution < -0.4 is 5.32 Å². The molecule has 0 unspecified atom stereocenters. The first-order chi connectivity index (χ1) is 10.0. The van der Waals surface area contributed by atoms with Crippen molar-refractivity contribution in [3.8, 4) is 6.07 Å². The first-order valence-corrected chi connectivity index (χ1v) is 5.71. The van der Waals surface area contributed by atoms with E-state index < -0.39 is 17.7 Å². The van der Waals surface area contributed by atoms with E-state index in [9.17, 15) is 14.0 Å². The Morgan fingerprint density at radius 1 is 1.29 bits per heavy atom. The molecule has 0 saturated carbocycles. The van der Waals surface area contributed by atoms with E-state index in [0.29, 0.717) is 0 Å². The fraction of sp³-hybridized carbons (Fsp3) is 0. The Labute approximate surface area is 118 Å². The van der Waals surface area contributed by atoms with Gasteiger partial charge in [-0.25, -0.2) is 14.2 Å². The number of hydrogen-bond donors (Lipinski definition) is 2. The lowest BCUT2D eigenvalue weighted by Gasteiger charge is -2.06. The number of nitrogens with one attached hydrogen (secondary N) is 1. The molecule has 1 amide bonds. The van der Waals surface area contributed by atoms with Crippen LogP contribution in [0.4, 0.5) is 10.1 Å². The minimum atomic E-state index is -1.25. The van der Waals surface area contributed by atoms with E-state index in [-0.39, 0.29) is 22.5 Å². The number of rotatable bonds is 3. The van der Waals surface area contributed by atoms with Crippen LogP contribution in [-0.2, 0) is 0 Å². The summed E-state index contributed by atoms with van der Waals surface area (Å²) in [5.74, 6) is -2.53. The van der Waals surface area contributed by atoms with Crippen molar-refractivity contribution in [2.45, 2.75) is 0 Å². The van der Waals surface area contributed by atoms with Crippen molar-refractivity contribution in [3.63, 3.8) is 0 Å². The maximum absolute atomic E-state index is 13.2. The van der Waals surface area contributed by atoms with Gasteiger partial charge in [0, 0.05) is 17.4 Å². The smallest absolute Gasteiger partial charge is 0.354 e. The van der Waals surface area contributed by atoms with E-state index in [4.69, 9.17) is 10.4 Å². The fourth-order valence-corrected chi connectivity index (χ4v) is 1.58. The lowest BCUT2D eigenvalue weighted by Crippen LogP contribution is -2.13. The summed E-state index contributed by atoms with van der Waals surface area (Å²) in [4.78, 5) is 26.3. The van der Waals surface area contributed by atoms with E-state index in [1.165, 1.54) is 24.4 Å². The molecule has 0 atom stereocenters. The fourth-order valence-electron chi connectivity index (χ4n) is 1.58. The zero-order valence-corrected chi connectivity index (χ0v) is 10.5. The van der Waals surface area contributed by atoms with Gasteiger partial charge in [-0.3, -0.25) is 4.79 Å². The number of carboxylic acid groups (broad SMARTS) is 1. The van der Waals surface area contributed by atoms with E-state index in [2.05, 4.69) is 10.3 Å². The van der Waals surface area contributed by atoms with Crippen LogP contribution in [0.1, 0.15) is 26.4 Å². The van der Waals surface area contributed by atoms with Crippen LogP contribution in [0.25, 0.3) is 0 Å². The highest BCUT2D eigenvalue weighted by Gasteiger charge is 2.12. The van der Waals surface area contributed by atoms with E-state index >= 15 is 0 Å². The molecule has 7 heteroatoms. The molecule has 2 rings (SSSR count). The number of nitriles is 1. The van der Waals surface area contributed by atoms with Crippen molar-refractivity contribution in [1.29, 1.82) is 5.26 Å². The van der Waals surface area contributed by atoms with E-state index in [0.717, 1.165) is 12.1 Å². The highest BCUT2D eigenvalue weighted by Crippen LogP contribution is 2.15. The van der Waals surface area contributed by atoms with Crippen molar-refractivity contribution in [3.05, 3.63) is 59.2 Å². The number of aromatic carboxylic acids is 1. The molecule has 1 aromatic carbocycles. The molecule has 21 heavy (non-hydrogen) atoms. The first kappa shape index (κ1) is 14.1. The third-order valence-corrected chi connectivity index (χ3v) is 2.59. The Kier molecular flexibility index (Phi) is 3.90. The summed E-state index contributed by atoms with van der Waals surface area (Å²) in [6.45, 7) is 0. The van der Waals surface area contributed by atoms with Gasteiger partial charge in [-0.15, -0.1) is 0 Å². The average molecular weight is 285 g/mol. The van der Waals surface area contributed by atoms with Crippen molar-refractivity contribution in [2.75, 3.05) is 5.32 Å². The molecule has 0 aliphatic rings. The van der Waals surface area contributed by atoms with Crippen molar-refractivity contribution in [1.82, 2.24) is 4.98 Å². The molecule has 1 heterocycles. The van der Waals surface area contributed by atoms with Gasteiger partial charge in [-0.1, -0.05) is 0 Å². The Balaban J connectivity index is 2.24. The normalized spacial score (nSPS) is 9.71. The molecule has 0 spiro atoms. The van der Waals surface area contributed by atoms with Crippen LogP contribution in [0.15, 0.2) is 36.5 Å². The zero-order valence-electron chi connectivity index (χ0n) is 10.5. The number of hydrogen-bond acceptors (Lipinski definition) is 4. The number of nitrogens with zero attached hydrogens (tertiary/aromatic N) is 2. The van der Waals surface area contributed by atoms with Gasteiger partial charge in [-0.2, -0.15) is 5.26 Å². The molecule has 0 saturated heterocycles. The molecule has 104 valence electrons. The van der Waals surface area contributed by atoms with Crippen molar-refractivity contribution < 1.29 is 19.1 Å². The number of aromatic nitrogens is 1. The van der Waals surface area contributed by atoms with Crippen molar-refractivity contribution in [2.24, 2.45) is 0 Å². The predicted octanol–water partition coefficient (Wildman–Crippen LogP) is 2.04. The minimum absolute atomic E-state index is 0.0882. The molecule has 2 N–H and O–H groups in total. The van der Waals surface area contributed by atoms with Crippen molar-refractivity contribution >= 4 is 17.6 Å². The highest BCUT2D eigenvalue weighted by molar-refractivity contribution is 6.05. The highest BCUT2D eigenvalue weighted by atomic mass is 19.1. The number of pyridine rings is 1. The Bertz CT molecular complexity index is 768. The molecule has 6 nitrogen and oxygen atoms in total.